The van der Waals surface area contributed by atoms with Crippen LogP contribution in [0.1, 0.15) is 15.9 Å². The summed E-state index contributed by atoms with van der Waals surface area (Å²) in [5.41, 5.74) is 10.8. The zero-order valence-electron chi connectivity index (χ0n) is 16.7. The second-order valence-corrected chi connectivity index (χ2v) is 8.74. The molecule has 5 aromatic rings. The van der Waals surface area contributed by atoms with Crippen LogP contribution in [0.15, 0.2) is 72.8 Å². The van der Waals surface area contributed by atoms with Crippen LogP contribution in [0.2, 0.25) is 15.1 Å². The van der Waals surface area contributed by atoms with Gasteiger partial charge in [-0.05, 0) is 65.2 Å². The van der Waals surface area contributed by atoms with E-state index in [2.05, 4.69) is 16.7 Å². The fraction of sp³-hybridized carbons (Fsp3) is 0.0385. The molecule has 2 N–H and O–H groups in total. The number of carbonyl (C=O) groups is 1. The molecule has 3 nitrogen and oxygen atoms in total. The van der Waals surface area contributed by atoms with Crippen LogP contribution in [0.4, 0.5) is 0 Å². The predicted octanol–water partition coefficient (Wildman–Crippen LogP) is 7.37. The lowest BCUT2D eigenvalue weighted by molar-refractivity contribution is 0.100. The summed E-state index contributed by atoms with van der Waals surface area (Å²) in [5.74, 6) is -0.481. The first-order valence-electron chi connectivity index (χ1n) is 9.89. The van der Waals surface area contributed by atoms with E-state index in [1.165, 1.54) is 0 Å². The van der Waals surface area contributed by atoms with Crippen molar-refractivity contribution in [3.63, 3.8) is 0 Å². The molecule has 157 valence electrons. The van der Waals surface area contributed by atoms with Crippen molar-refractivity contribution in [2.75, 3.05) is 0 Å². The fourth-order valence-electron chi connectivity index (χ4n) is 4.08. The summed E-state index contributed by atoms with van der Waals surface area (Å²) in [6, 6.07) is 26.1. The predicted molar refractivity (Wildman–Crippen MR) is 133 cm³/mol. The lowest BCUT2D eigenvalue weighted by atomic mass is 10.0. The van der Waals surface area contributed by atoms with Crippen molar-refractivity contribution in [1.29, 1.82) is 0 Å². The minimum Gasteiger partial charge on any atom is -0.366 e. The maximum absolute atomic E-state index is 12.2. The zero-order chi connectivity index (χ0) is 22.4. The molecular weight excluding hydrogens is 463 g/mol. The van der Waals surface area contributed by atoms with Gasteiger partial charge in [0, 0.05) is 27.9 Å². The highest BCUT2D eigenvalue weighted by Gasteiger charge is 2.18. The van der Waals surface area contributed by atoms with E-state index in [4.69, 9.17) is 40.5 Å². The maximum atomic E-state index is 12.2. The number of nitrogens with two attached hydrogens (primary N) is 1. The zero-order valence-corrected chi connectivity index (χ0v) is 19.0. The first-order valence-corrected chi connectivity index (χ1v) is 11.0. The Bertz CT molecular complexity index is 1500. The van der Waals surface area contributed by atoms with Gasteiger partial charge in [0.2, 0.25) is 5.91 Å². The number of fused-ring (bicyclic) bond motifs is 3. The fourth-order valence-corrected chi connectivity index (χ4v) is 4.59. The van der Waals surface area contributed by atoms with Crippen LogP contribution in [0.25, 0.3) is 32.9 Å². The average Bonchev–Trinajstić information content (AvgIpc) is 3.10. The van der Waals surface area contributed by atoms with E-state index in [1.54, 1.807) is 12.1 Å². The van der Waals surface area contributed by atoms with Crippen LogP contribution in [0.5, 0.6) is 0 Å². The van der Waals surface area contributed by atoms with E-state index >= 15 is 0 Å². The summed E-state index contributed by atoms with van der Waals surface area (Å²) in [6.07, 6.45) is 0. The maximum Gasteiger partial charge on any atom is 0.249 e. The summed E-state index contributed by atoms with van der Waals surface area (Å²) < 4.78 is 2.12. The Hall–Kier alpha value is -2.98. The molecule has 1 heterocycles. The number of hydrogen-bond acceptors (Lipinski definition) is 1. The number of carbonyl (C=O) groups excluding carboxylic acids is 1. The molecule has 5 rings (SSSR count). The van der Waals surface area contributed by atoms with E-state index in [0.717, 1.165) is 38.5 Å². The van der Waals surface area contributed by atoms with Crippen molar-refractivity contribution in [2.45, 2.75) is 6.54 Å². The van der Waals surface area contributed by atoms with E-state index in [-0.39, 0.29) is 0 Å². The minimum absolute atomic E-state index is 0.457. The van der Waals surface area contributed by atoms with Crippen LogP contribution < -0.4 is 5.73 Å². The lowest BCUT2D eigenvalue weighted by Gasteiger charge is -2.11. The van der Waals surface area contributed by atoms with Gasteiger partial charge in [0.25, 0.3) is 0 Å². The molecule has 4 aromatic carbocycles. The number of amides is 1. The van der Waals surface area contributed by atoms with Crippen molar-refractivity contribution in [1.82, 2.24) is 4.57 Å². The molecule has 1 aromatic heterocycles. The summed E-state index contributed by atoms with van der Waals surface area (Å²) >= 11 is 18.8. The largest absolute Gasteiger partial charge is 0.366 e. The molecule has 1 radical (unpaired) electrons. The SMILES string of the molecule is NC(=O)c1cccc2c1c1[c]cc(-c3ccc(Cl)cc3)cc1n2Cc1cccc(Cl)c1Cl. The second-order valence-electron chi connectivity index (χ2n) is 7.52. The van der Waals surface area contributed by atoms with Crippen LogP contribution in [-0.4, -0.2) is 10.5 Å². The Kier molecular flexibility index (Phi) is 5.34. The number of aromatic nitrogens is 1. The standard InChI is InChI=1S/C26H16Cl3N2O/c27-18-10-7-15(8-11-18)16-9-12-19-23(13-16)31(14-17-3-1-5-21(28)25(17)29)22-6-2-4-20(24(19)22)26(30)32/h1-11,13H,14H2,(H2,30,32). The number of halogens is 3. The molecule has 0 atom stereocenters. The highest BCUT2D eigenvalue weighted by molar-refractivity contribution is 6.42. The van der Waals surface area contributed by atoms with Crippen molar-refractivity contribution >= 4 is 62.5 Å². The number of rotatable bonds is 4. The molecule has 0 spiro atoms. The minimum atomic E-state index is -0.481. The molecule has 0 saturated heterocycles. The van der Waals surface area contributed by atoms with Crippen LogP contribution in [-0.2, 0) is 6.54 Å². The third kappa shape index (κ3) is 3.53. The molecule has 0 aliphatic heterocycles. The van der Waals surface area contributed by atoms with Gasteiger partial charge in [0.1, 0.15) is 0 Å². The van der Waals surface area contributed by atoms with Gasteiger partial charge in [-0.2, -0.15) is 0 Å². The van der Waals surface area contributed by atoms with E-state index in [9.17, 15) is 4.79 Å². The molecule has 1 amide bonds. The summed E-state index contributed by atoms with van der Waals surface area (Å²) in [6.45, 7) is 0.472. The lowest BCUT2D eigenvalue weighted by Crippen LogP contribution is -2.11. The van der Waals surface area contributed by atoms with Gasteiger partial charge in [-0.15, -0.1) is 0 Å². The smallest absolute Gasteiger partial charge is 0.249 e. The number of nitrogens with zero attached hydrogens (tertiary/aromatic N) is 1. The quantitative estimate of drug-likeness (QED) is 0.288. The Balaban J connectivity index is 1.81. The van der Waals surface area contributed by atoms with Crippen LogP contribution >= 0.6 is 34.8 Å². The van der Waals surface area contributed by atoms with Crippen molar-refractivity contribution in [3.8, 4) is 11.1 Å². The number of hydrogen-bond donors (Lipinski definition) is 1. The second kappa shape index (κ2) is 8.18. The van der Waals surface area contributed by atoms with Gasteiger partial charge in [-0.1, -0.05) is 65.1 Å². The Labute approximate surface area is 199 Å². The van der Waals surface area contributed by atoms with E-state index < -0.39 is 5.91 Å². The van der Waals surface area contributed by atoms with Gasteiger partial charge in [0.05, 0.1) is 21.1 Å². The van der Waals surface area contributed by atoms with E-state index in [1.807, 2.05) is 54.6 Å². The first-order chi connectivity index (χ1) is 15.4. The molecule has 0 unspecified atom stereocenters. The highest BCUT2D eigenvalue weighted by atomic mass is 35.5. The molecule has 32 heavy (non-hydrogen) atoms. The first kappa shape index (κ1) is 20.9. The monoisotopic (exact) mass is 477 g/mol. The molecular formula is C26H16Cl3N2O. The van der Waals surface area contributed by atoms with Crippen LogP contribution in [0, 0.1) is 6.07 Å². The summed E-state index contributed by atoms with van der Waals surface area (Å²) in [7, 11) is 0. The van der Waals surface area contributed by atoms with Gasteiger partial charge in [-0.3, -0.25) is 4.79 Å². The Morgan fingerprint density at radius 3 is 2.41 bits per heavy atom. The number of benzene rings is 4. The molecule has 0 aliphatic rings. The normalized spacial score (nSPS) is 11.3. The topological polar surface area (TPSA) is 48.0 Å². The van der Waals surface area contributed by atoms with Gasteiger partial charge >= 0.3 is 0 Å². The van der Waals surface area contributed by atoms with Crippen molar-refractivity contribution in [3.05, 3.63) is 105 Å². The molecule has 6 heteroatoms. The van der Waals surface area contributed by atoms with Crippen LogP contribution in [0.3, 0.4) is 0 Å². The summed E-state index contributed by atoms with van der Waals surface area (Å²) in [4.78, 5) is 12.2. The molecule has 0 aliphatic carbocycles. The summed E-state index contributed by atoms with van der Waals surface area (Å²) in [5, 5.41) is 3.28. The molecule has 0 fully saturated rings. The van der Waals surface area contributed by atoms with Gasteiger partial charge in [0.15, 0.2) is 0 Å². The van der Waals surface area contributed by atoms with Gasteiger partial charge in [-0.25, -0.2) is 0 Å². The average molecular weight is 479 g/mol. The third-order valence-corrected chi connectivity index (χ3v) is 6.71. The highest BCUT2D eigenvalue weighted by Crippen LogP contribution is 2.36. The van der Waals surface area contributed by atoms with Gasteiger partial charge < -0.3 is 10.3 Å². The van der Waals surface area contributed by atoms with Crippen molar-refractivity contribution < 1.29 is 4.79 Å². The number of primary amides is 1. The Morgan fingerprint density at radius 2 is 1.66 bits per heavy atom. The molecule has 0 saturated carbocycles. The third-order valence-electron chi connectivity index (χ3n) is 5.60. The van der Waals surface area contributed by atoms with E-state index in [0.29, 0.717) is 27.2 Å². The Morgan fingerprint density at radius 1 is 0.906 bits per heavy atom. The molecule has 0 bridgehead atoms. The van der Waals surface area contributed by atoms with Crippen molar-refractivity contribution in [2.24, 2.45) is 5.73 Å².